The molecule has 3 fully saturated rings. The van der Waals surface area contributed by atoms with Crippen LogP contribution in [0.5, 0.6) is 0 Å². The summed E-state index contributed by atoms with van der Waals surface area (Å²) in [5, 5.41) is 9.15. The number of β-amino-alcohol motifs (C(OH)–C–C–N with tert-alkyl or cyclic N) is 1. The summed E-state index contributed by atoms with van der Waals surface area (Å²) in [5.74, 6) is -3.96. The van der Waals surface area contributed by atoms with E-state index in [1.54, 1.807) is 0 Å². The minimum absolute atomic E-state index is 0.00510. The molecule has 3 aliphatic rings. The zero-order valence-corrected chi connectivity index (χ0v) is 22.6. The van der Waals surface area contributed by atoms with Crippen LogP contribution in [0, 0.1) is 23.3 Å². The van der Waals surface area contributed by atoms with Crippen molar-refractivity contribution in [1.29, 1.82) is 0 Å². The number of amides is 1. The molecular weight excluding hydrogens is 554 g/mol. The molecule has 2 aromatic rings. The maximum atomic E-state index is 14.2. The van der Waals surface area contributed by atoms with Crippen molar-refractivity contribution in [2.24, 2.45) is 0 Å². The lowest BCUT2D eigenvalue weighted by molar-refractivity contribution is -0.0145. The fourth-order valence-electron chi connectivity index (χ4n) is 5.85. The summed E-state index contributed by atoms with van der Waals surface area (Å²) in [4.78, 5) is 16.1. The number of halogens is 4. The van der Waals surface area contributed by atoms with E-state index in [9.17, 15) is 30.8 Å². The van der Waals surface area contributed by atoms with Gasteiger partial charge in [0, 0.05) is 44.9 Å². The Labute approximate surface area is 230 Å². The second-order valence-corrected chi connectivity index (χ2v) is 12.4. The van der Waals surface area contributed by atoms with Crippen molar-refractivity contribution in [2.75, 3.05) is 39.3 Å². The van der Waals surface area contributed by atoms with Crippen LogP contribution in [0.2, 0.25) is 0 Å². The predicted octanol–water partition coefficient (Wildman–Crippen LogP) is 3.81. The maximum absolute atomic E-state index is 14.2. The van der Waals surface area contributed by atoms with Crippen LogP contribution < -0.4 is 0 Å². The van der Waals surface area contributed by atoms with Crippen molar-refractivity contribution in [3.05, 3.63) is 65.2 Å². The molecule has 2 aliphatic heterocycles. The molecule has 0 bridgehead atoms. The van der Waals surface area contributed by atoms with Gasteiger partial charge >= 0.3 is 6.09 Å². The molecule has 13 heteroatoms. The van der Waals surface area contributed by atoms with Crippen LogP contribution in [0.15, 0.2) is 41.3 Å². The highest BCUT2D eigenvalue weighted by atomic mass is 32.2. The molecule has 5 rings (SSSR count). The van der Waals surface area contributed by atoms with Crippen LogP contribution in [0.3, 0.4) is 0 Å². The number of piperidine rings is 1. The van der Waals surface area contributed by atoms with E-state index < -0.39 is 62.0 Å². The maximum Gasteiger partial charge on any atom is 0.410 e. The number of carbonyl (C=O) groups excluding carboxylic acids is 1. The van der Waals surface area contributed by atoms with E-state index in [1.165, 1.54) is 4.90 Å². The molecule has 0 aromatic heterocycles. The molecule has 8 nitrogen and oxygen atoms in total. The molecule has 1 aliphatic carbocycles. The van der Waals surface area contributed by atoms with Crippen molar-refractivity contribution >= 4 is 16.1 Å². The zero-order chi connectivity index (χ0) is 28.7. The zero-order valence-electron chi connectivity index (χ0n) is 21.7. The van der Waals surface area contributed by atoms with Crippen molar-refractivity contribution in [3.8, 4) is 0 Å². The largest absolute Gasteiger partial charge is 0.441 e. The molecule has 2 saturated heterocycles. The first-order chi connectivity index (χ1) is 19.0. The van der Waals surface area contributed by atoms with E-state index in [1.807, 2.05) is 4.90 Å². The Kier molecular flexibility index (Phi) is 8.10. The Hall–Kier alpha value is -2.74. The topological polar surface area (TPSA) is 90.4 Å². The molecule has 1 saturated carbocycles. The number of nitrogens with zero attached hydrogens (tertiary/aromatic N) is 3. The smallest absolute Gasteiger partial charge is 0.410 e. The summed E-state index contributed by atoms with van der Waals surface area (Å²) in [5.41, 5.74) is -1.13. The van der Waals surface area contributed by atoms with Crippen molar-refractivity contribution in [3.63, 3.8) is 0 Å². The quantitative estimate of drug-likeness (QED) is 0.498. The number of ether oxygens (including phenoxy) is 1. The number of sulfonamides is 1. The molecule has 1 amide bonds. The van der Waals surface area contributed by atoms with Crippen LogP contribution >= 0.6 is 0 Å². The molecule has 218 valence electrons. The van der Waals surface area contributed by atoms with E-state index in [4.69, 9.17) is 9.84 Å². The van der Waals surface area contributed by atoms with Gasteiger partial charge in [-0.3, -0.25) is 4.90 Å². The van der Waals surface area contributed by atoms with Gasteiger partial charge < -0.3 is 14.7 Å². The van der Waals surface area contributed by atoms with E-state index in [0.717, 1.165) is 16.4 Å². The van der Waals surface area contributed by atoms with Gasteiger partial charge in [-0.25, -0.2) is 30.8 Å². The van der Waals surface area contributed by atoms with Crippen LogP contribution in [0.4, 0.5) is 22.4 Å². The van der Waals surface area contributed by atoms with Crippen LogP contribution in [0.25, 0.3) is 0 Å². The lowest BCUT2D eigenvalue weighted by atomic mass is 9.90. The van der Waals surface area contributed by atoms with E-state index in [0.29, 0.717) is 76.3 Å². The average Bonchev–Trinajstić information content (AvgIpc) is 3.68. The second kappa shape index (κ2) is 11.3. The van der Waals surface area contributed by atoms with Gasteiger partial charge in [0.1, 0.15) is 28.9 Å². The fraction of sp³-hybridized carbons (Fsp3) is 0.519. The normalized spacial score (nSPS) is 23.7. The first-order valence-corrected chi connectivity index (χ1v) is 14.7. The molecular formula is C27H31F4N3O5S. The number of aliphatic hydroxyl groups excluding tert-OH is 1. The Balaban J connectivity index is 1.49. The Morgan fingerprint density at radius 2 is 1.48 bits per heavy atom. The van der Waals surface area contributed by atoms with Crippen LogP contribution in [-0.2, 0) is 14.8 Å². The first-order valence-electron chi connectivity index (χ1n) is 13.3. The number of aliphatic hydroxyl groups is 1. The van der Waals surface area contributed by atoms with Gasteiger partial charge in [0.2, 0.25) is 10.0 Å². The van der Waals surface area contributed by atoms with E-state index >= 15 is 0 Å². The highest BCUT2D eigenvalue weighted by Crippen LogP contribution is 2.52. The first kappa shape index (κ1) is 28.8. The molecule has 2 atom stereocenters. The van der Waals surface area contributed by atoms with Gasteiger partial charge in [0.05, 0.1) is 23.6 Å². The minimum atomic E-state index is -4.62. The van der Waals surface area contributed by atoms with Gasteiger partial charge in [0.15, 0.2) is 0 Å². The van der Waals surface area contributed by atoms with Gasteiger partial charge in [0.25, 0.3) is 0 Å². The van der Waals surface area contributed by atoms with Crippen molar-refractivity contribution < 1.29 is 40.6 Å². The minimum Gasteiger partial charge on any atom is -0.441 e. The van der Waals surface area contributed by atoms with Crippen LogP contribution in [-0.4, -0.2) is 84.7 Å². The van der Waals surface area contributed by atoms with Crippen molar-refractivity contribution in [2.45, 2.75) is 54.7 Å². The van der Waals surface area contributed by atoms with Gasteiger partial charge in [-0.1, -0.05) is 0 Å². The molecule has 2 heterocycles. The van der Waals surface area contributed by atoms with Gasteiger partial charge in [-0.15, -0.1) is 0 Å². The van der Waals surface area contributed by atoms with Gasteiger partial charge in [-0.2, -0.15) is 4.31 Å². The summed E-state index contributed by atoms with van der Waals surface area (Å²) in [6.07, 6.45) is 1.07. The fourth-order valence-corrected chi connectivity index (χ4v) is 7.81. The van der Waals surface area contributed by atoms with E-state index in [2.05, 4.69) is 0 Å². The van der Waals surface area contributed by atoms with Crippen molar-refractivity contribution in [1.82, 2.24) is 14.1 Å². The molecule has 0 radical (unpaired) electrons. The third-order valence-corrected chi connectivity index (χ3v) is 9.83. The lowest BCUT2D eigenvalue weighted by Crippen LogP contribution is -2.55. The number of carbonyl (C=O) groups is 1. The lowest BCUT2D eigenvalue weighted by Gasteiger charge is -2.45. The number of rotatable bonds is 7. The second-order valence-electron chi connectivity index (χ2n) is 10.6. The standard InChI is InChI=1S/C27H31F4N3O5S/c28-19-12-18(13-20(29)14-19)24-2-1-3-25(34(24)40(37,38)23-16-21(30)15-22(31)17-23)27(4-5-27)39-26(36)33-8-6-32(7-9-33)10-11-35/h12-17,24-25,35H,1-11H2. The summed E-state index contributed by atoms with van der Waals surface area (Å²) < 4.78 is 91.8. The Morgan fingerprint density at radius 1 is 0.900 bits per heavy atom. The highest BCUT2D eigenvalue weighted by molar-refractivity contribution is 7.89. The molecule has 2 unspecified atom stereocenters. The summed E-state index contributed by atoms with van der Waals surface area (Å²) >= 11 is 0. The summed E-state index contributed by atoms with van der Waals surface area (Å²) in [6.45, 7) is 2.33. The van der Waals surface area contributed by atoms with E-state index in [-0.39, 0.29) is 25.0 Å². The molecule has 40 heavy (non-hydrogen) atoms. The van der Waals surface area contributed by atoms with Crippen LogP contribution in [0.1, 0.15) is 43.7 Å². The number of hydrogen-bond acceptors (Lipinski definition) is 6. The van der Waals surface area contributed by atoms with Gasteiger partial charge in [-0.05, 0) is 61.9 Å². The number of hydrogen-bond donors (Lipinski definition) is 1. The number of piperazine rings is 1. The Morgan fingerprint density at radius 3 is 2.02 bits per heavy atom. The Bertz CT molecular complexity index is 1330. The molecule has 2 aromatic carbocycles. The third kappa shape index (κ3) is 5.83. The third-order valence-electron chi connectivity index (χ3n) is 7.94. The predicted molar refractivity (Wildman–Crippen MR) is 136 cm³/mol. The summed E-state index contributed by atoms with van der Waals surface area (Å²) in [7, 11) is -4.62. The number of benzene rings is 2. The molecule has 0 spiro atoms. The SMILES string of the molecule is O=C(OC1(C2CCCC(c3cc(F)cc(F)c3)N2S(=O)(=O)c2cc(F)cc(F)c2)CC1)N1CCN(CCO)CC1. The monoisotopic (exact) mass is 585 g/mol. The summed E-state index contributed by atoms with van der Waals surface area (Å²) in [6, 6.07) is 2.73. The highest BCUT2D eigenvalue weighted by Gasteiger charge is 2.60. The molecule has 1 N–H and O–H groups in total. The average molecular weight is 586 g/mol.